The second kappa shape index (κ2) is 8.51. The van der Waals surface area contributed by atoms with Crippen LogP contribution in [-0.4, -0.2) is 24.1 Å². The number of anilines is 2. The molecule has 0 saturated heterocycles. The molecule has 1 fully saturated rings. The highest BCUT2D eigenvalue weighted by Crippen LogP contribution is 2.18. The van der Waals surface area contributed by atoms with Crippen LogP contribution < -0.4 is 15.5 Å². The molecule has 0 spiro atoms. The summed E-state index contributed by atoms with van der Waals surface area (Å²) in [6, 6.07) is 14.3. The van der Waals surface area contributed by atoms with Crippen LogP contribution >= 0.6 is 0 Å². The van der Waals surface area contributed by atoms with Crippen LogP contribution in [0.5, 0.6) is 0 Å². The van der Waals surface area contributed by atoms with E-state index in [1.165, 1.54) is 24.8 Å². The zero-order valence-corrected chi connectivity index (χ0v) is 14.7. The van der Waals surface area contributed by atoms with Gasteiger partial charge in [-0.3, -0.25) is 5.32 Å². The fraction of sp³-hybridized carbons (Fsp3) is 0.400. The van der Waals surface area contributed by atoms with E-state index >= 15 is 0 Å². The zero-order valence-electron chi connectivity index (χ0n) is 14.7. The Balaban J connectivity index is 1.51. The molecule has 0 unspecified atom stereocenters. The predicted molar refractivity (Wildman–Crippen MR) is 102 cm³/mol. The molecule has 3 rings (SSSR count). The third kappa shape index (κ3) is 5.21. The molecule has 25 heavy (non-hydrogen) atoms. The molecule has 1 saturated carbocycles. The summed E-state index contributed by atoms with van der Waals surface area (Å²) >= 11 is 0. The number of hydrogen-bond acceptors (Lipinski definition) is 3. The molecule has 2 N–H and O–H groups in total. The maximum absolute atomic E-state index is 12.1. The first kappa shape index (κ1) is 17.3. The van der Waals surface area contributed by atoms with Crippen molar-refractivity contribution >= 4 is 17.5 Å². The van der Waals surface area contributed by atoms with Crippen LogP contribution in [0.2, 0.25) is 0 Å². The maximum Gasteiger partial charge on any atom is 0.320 e. The van der Waals surface area contributed by atoms with Crippen LogP contribution in [-0.2, 0) is 6.54 Å². The minimum absolute atomic E-state index is 0.162. The molecule has 0 atom stereocenters. The number of amides is 2. The molecule has 0 bridgehead atoms. The highest BCUT2D eigenvalue weighted by molar-refractivity contribution is 5.88. The van der Waals surface area contributed by atoms with Gasteiger partial charge in [0.1, 0.15) is 5.82 Å². The Kier molecular flexibility index (Phi) is 5.88. The number of pyridine rings is 1. The van der Waals surface area contributed by atoms with Crippen molar-refractivity contribution in [1.82, 2.24) is 10.3 Å². The second-order valence-corrected chi connectivity index (χ2v) is 6.68. The first-order valence-electron chi connectivity index (χ1n) is 8.99. The number of hydrogen-bond donors (Lipinski definition) is 2. The van der Waals surface area contributed by atoms with Gasteiger partial charge in [-0.2, -0.15) is 0 Å². The maximum atomic E-state index is 12.1. The Morgan fingerprint density at radius 2 is 1.88 bits per heavy atom. The third-order valence-corrected chi connectivity index (χ3v) is 4.63. The molecule has 5 heteroatoms. The van der Waals surface area contributed by atoms with Crippen molar-refractivity contribution in [2.45, 2.75) is 44.7 Å². The van der Waals surface area contributed by atoms with Gasteiger partial charge in [-0.25, -0.2) is 9.78 Å². The van der Waals surface area contributed by atoms with Crippen LogP contribution in [0.25, 0.3) is 0 Å². The Labute approximate surface area is 149 Å². The summed E-state index contributed by atoms with van der Waals surface area (Å²) in [6.07, 6.45) is 7.61. The minimum atomic E-state index is -0.162. The topological polar surface area (TPSA) is 57.3 Å². The van der Waals surface area contributed by atoms with Crippen molar-refractivity contribution in [3.8, 4) is 0 Å². The molecule has 132 valence electrons. The highest BCUT2D eigenvalue weighted by atomic mass is 16.2. The van der Waals surface area contributed by atoms with Gasteiger partial charge in [-0.05, 0) is 30.5 Å². The predicted octanol–water partition coefficient (Wildman–Crippen LogP) is 4.17. The highest BCUT2D eigenvalue weighted by Gasteiger charge is 2.15. The molecular formula is C20H26N4O. The summed E-state index contributed by atoms with van der Waals surface area (Å²) in [5.41, 5.74) is 2.26. The number of benzene rings is 1. The molecule has 1 aromatic heterocycles. The Bertz CT molecular complexity index is 666. The first-order valence-corrected chi connectivity index (χ1v) is 8.99. The average molecular weight is 338 g/mol. The van der Waals surface area contributed by atoms with Crippen molar-refractivity contribution in [2.24, 2.45) is 0 Å². The number of aromatic nitrogens is 1. The molecule has 2 aromatic rings. The van der Waals surface area contributed by atoms with Crippen molar-refractivity contribution in [1.29, 1.82) is 0 Å². The monoisotopic (exact) mass is 338 g/mol. The van der Waals surface area contributed by atoms with Gasteiger partial charge in [0.25, 0.3) is 0 Å². The number of carbonyl (C=O) groups excluding carboxylic acids is 1. The van der Waals surface area contributed by atoms with Gasteiger partial charge in [0.15, 0.2) is 0 Å². The fourth-order valence-electron chi connectivity index (χ4n) is 3.22. The van der Waals surface area contributed by atoms with Crippen LogP contribution in [0.3, 0.4) is 0 Å². The standard InChI is InChI=1S/C20H26N4O/c1-24(15-16-8-4-2-5-9-16)18-12-13-19(21-14-18)23-20(25)22-17-10-6-3-7-11-17/h2,4-5,8-9,12-14,17H,3,6-7,10-11,15H2,1H3,(H2,21,22,23,25). The second-order valence-electron chi connectivity index (χ2n) is 6.68. The quantitative estimate of drug-likeness (QED) is 0.860. The van der Waals surface area contributed by atoms with E-state index < -0.39 is 0 Å². The summed E-state index contributed by atoms with van der Waals surface area (Å²) in [4.78, 5) is 18.6. The fourth-order valence-corrected chi connectivity index (χ4v) is 3.22. The lowest BCUT2D eigenvalue weighted by molar-refractivity contribution is 0.244. The van der Waals surface area contributed by atoms with E-state index in [0.717, 1.165) is 25.1 Å². The number of rotatable bonds is 5. The number of urea groups is 1. The molecule has 1 heterocycles. The summed E-state index contributed by atoms with van der Waals surface area (Å²) < 4.78 is 0. The molecule has 0 aliphatic heterocycles. The molecule has 1 aliphatic rings. The lowest BCUT2D eigenvalue weighted by atomic mass is 9.96. The molecule has 2 amide bonds. The van der Waals surface area contributed by atoms with Gasteiger partial charge in [-0.15, -0.1) is 0 Å². The summed E-state index contributed by atoms with van der Waals surface area (Å²) in [5, 5.41) is 5.86. The lowest BCUT2D eigenvalue weighted by Crippen LogP contribution is -2.39. The van der Waals surface area contributed by atoms with Crippen molar-refractivity contribution in [3.05, 3.63) is 54.2 Å². The minimum Gasteiger partial charge on any atom is -0.369 e. The SMILES string of the molecule is CN(Cc1ccccc1)c1ccc(NC(=O)NC2CCCCC2)nc1. The lowest BCUT2D eigenvalue weighted by Gasteiger charge is -2.23. The number of carbonyl (C=O) groups is 1. The normalized spacial score (nSPS) is 14.8. The van der Waals surface area contributed by atoms with Crippen LogP contribution in [0.4, 0.5) is 16.3 Å². The van der Waals surface area contributed by atoms with Crippen LogP contribution in [0, 0.1) is 0 Å². The zero-order chi connectivity index (χ0) is 17.5. The average Bonchev–Trinajstić information content (AvgIpc) is 2.64. The van der Waals surface area contributed by atoms with Crippen molar-refractivity contribution < 1.29 is 4.79 Å². The largest absolute Gasteiger partial charge is 0.369 e. The number of nitrogens with one attached hydrogen (secondary N) is 2. The Hall–Kier alpha value is -2.56. The van der Waals surface area contributed by atoms with E-state index in [1.54, 1.807) is 6.20 Å². The first-order chi connectivity index (χ1) is 12.2. The summed E-state index contributed by atoms with van der Waals surface area (Å²) in [6.45, 7) is 0.817. The van der Waals surface area contributed by atoms with Crippen LogP contribution in [0.15, 0.2) is 48.7 Å². The van der Waals surface area contributed by atoms with Gasteiger partial charge < -0.3 is 10.2 Å². The van der Waals surface area contributed by atoms with E-state index in [0.29, 0.717) is 11.9 Å². The van der Waals surface area contributed by atoms with Crippen molar-refractivity contribution in [3.63, 3.8) is 0 Å². The van der Waals surface area contributed by atoms with Crippen LogP contribution in [0.1, 0.15) is 37.7 Å². The number of nitrogens with zero attached hydrogens (tertiary/aromatic N) is 2. The van der Waals surface area contributed by atoms with Gasteiger partial charge >= 0.3 is 6.03 Å². The molecule has 5 nitrogen and oxygen atoms in total. The third-order valence-electron chi connectivity index (χ3n) is 4.63. The van der Waals surface area contributed by atoms with E-state index in [4.69, 9.17) is 0 Å². The Morgan fingerprint density at radius 1 is 1.12 bits per heavy atom. The Morgan fingerprint density at radius 3 is 2.56 bits per heavy atom. The molecule has 0 radical (unpaired) electrons. The van der Waals surface area contributed by atoms with Crippen molar-refractivity contribution in [2.75, 3.05) is 17.3 Å². The van der Waals surface area contributed by atoms with E-state index in [9.17, 15) is 4.79 Å². The van der Waals surface area contributed by atoms with Gasteiger partial charge in [0, 0.05) is 19.6 Å². The smallest absolute Gasteiger partial charge is 0.320 e. The van der Waals surface area contributed by atoms with Gasteiger partial charge in [0.2, 0.25) is 0 Å². The molecule has 1 aromatic carbocycles. The van der Waals surface area contributed by atoms with E-state index in [1.807, 2.05) is 37.4 Å². The van der Waals surface area contributed by atoms with E-state index in [-0.39, 0.29) is 6.03 Å². The van der Waals surface area contributed by atoms with Gasteiger partial charge in [0.05, 0.1) is 11.9 Å². The summed E-state index contributed by atoms with van der Waals surface area (Å²) in [5.74, 6) is 0.574. The molecular weight excluding hydrogens is 312 g/mol. The van der Waals surface area contributed by atoms with Gasteiger partial charge in [-0.1, -0.05) is 49.6 Å². The van der Waals surface area contributed by atoms with E-state index in [2.05, 4.69) is 32.7 Å². The summed E-state index contributed by atoms with van der Waals surface area (Å²) in [7, 11) is 2.03. The molecule has 1 aliphatic carbocycles.